The van der Waals surface area contributed by atoms with Gasteiger partial charge < -0.3 is 9.64 Å². The highest BCUT2D eigenvalue weighted by atomic mass is 16.5. The first-order chi connectivity index (χ1) is 13.1. The molecule has 0 spiro atoms. The summed E-state index contributed by atoms with van der Waals surface area (Å²) in [6.07, 6.45) is 2.30. The number of nitrogens with zero attached hydrogens (tertiary/aromatic N) is 2. The largest absolute Gasteiger partial charge is 0.495 e. The van der Waals surface area contributed by atoms with E-state index in [2.05, 4.69) is 19.1 Å². The smallest absolute Gasteiger partial charge is 0.231 e. The second kappa shape index (κ2) is 7.03. The number of para-hydroxylation sites is 2. The average molecular weight is 360 g/mol. The summed E-state index contributed by atoms with van der Waals surface area (Å²) in [6, 6.07) is 14.1. The molecule has 0 fully saturated rings. The number of carbonyl (C=O) groups is 1. The first kappa shape index (κ1) is 17.5. The minimum absolute atomic E-state index is 0.101. The molecule has 3 aromatic rings. The Balaban J connectivity index is 1.72. The van der Waals surface area contributed by atoms with Crippen molar-refractivity contribution < 1.29 is 9.53 Å². The molecule has 0 unspecified atom stereocenters. The number of carbonyl (C=O) groups excluding carboxylic acids is 1. The lowest BCUT2D eigenvalue weighted by Gasteiger charge is -2.31. The minimum atomic E-state index is 0.101. The Morgan fingerprint density at radius 3 is 2.78 bits per heavy atom. The molecule has 138 valence electrons. The topological polar surface area (TPSA) is 42.4 Å². The van der Waals surface area contributed by atoms with Crippen molar-refractivity contribution >= 4 is 22.5 Å². The van der Waals surface area contributed by atoms with Gasteiger partial charge in [-0.05, 0) is 55.5 Å². The van der Waals surface area contributed by atoms with Gasteiger partial charge in [0, 0.05) is 17.6 Å². The van der Waals surface area contributed by atoms with Gasteiger partial charge in [-0.1, -0.05) is 30.3 Å². The van der Waals surface area contributed by atoms with E-state index >= 15 is 0 Å². The normalized spacial score (nSPS) is 13.5. The van der Waals surface area contributed by atoms with Crippen molar-refractivity contribution in [1.29, 1.82) is 0 Å². The Morgan fingerprint density at radius 1 is 1.15 bits per heavy atom. The number of rotatable bonds is 3. The Kier molecular flexibility index (Phi) is 4.56. The summed E-state index contributed by atoms with van der Waals surface area (Å²) in [4.78, 5) is 19.9. The maximum atomic E-state index is 13.3. The van der Waals surface area contributed by atoms with Crippen molar-refractivity contribution in [3.05, 3.63) is 64.8 Å². The SMILES string of the molecule is COc1cccc2c1N(C(=O)Cc1c(C)nc3ccccc3c1C)CCC2. The molecule has 0 radical (unpaired) electrons. The molecule has 4 heteroatoms. The highest BCUT2D eigenvalue weighted by Crippen LogP contribution is 2.36. The number of methoxy groups -OCH3 is 1. The molecule has 0 bridgehead atoms. The van der Waals surface area contributed by atoms with Crippen molar-refractivity contribution in [2.75, 3.05) is 18.6 Å². The monoisotopic (exact) mass is 360 g/mol. The van der Waals surface area contributed by atoms with E-state index in [1.165, 1.54) is 5.56 Å². The second-order valence-corrected chi connectivity index (χ2v) is 7.11. The lowest BCUT2D eigenvalue weighted by molar-refractivity contribution is -0.118. The van der Waals surface area contributed by atoms with Gasteiger partial charge in [-0.3, -0.25) is 9.78 Å². The van der Waals surface area contributed by atoms with Crippen LogP contribution in [0.15, 0.2) is 42.5 Å². The highest BCUT2D eigenvalue weighted by Gasteiger charge is 2.26. The first-order valence-corrected chi connectivity index (χ1v) is 9.41. The van der Waals surface area contributed by atoms with Crippen LogP contribution in [-0.2, 0) is 17.6 Å². The van der Waals surface area contributed by atoms with E-state index in [0.717, 1.165) is 58.5 Å². The van der Waals surface area contributed by atoms with Gasteiger partial charge in [-0.2, -0.15) is 0 Å². The summed E-state index contributed by atoms with van der Waals surface area (Å²) in [6.45, 7) is 4.81. The maximum absolute atomic E-state index is 13.3. The molecule has 0 aliphatic carbocycles. The van der Waals surface area contributed by atoms with Gasteiger partial charge in [0.15, 0.2) is 0 Å². The molecule has 2 heterocycles. The van der Waals surface area contributed by atoms with Crippen molar-refractivity contribution in [3.63, 3.8) is 0 Å². The van der Waals surface area contributed by atoms with Crippen LogP contribution in [0.25, 0.3) is 10.9 Å². The van der Waals surface area contributed by atoms with E-state index in [4.69, 9.17) is 9.72 Å². The molecule has 0 N–H and O–H groups in total. The number of aryl methyl sites for hydroxylation is 3. The van der Waals surface area contributed by atoms with Crippen LogP contribution in [0.2, 0.25) is 0 Å². The molecular formula is C23H24N2O2. The number of hydrogen-bond donors (Lipinski definition) is 0. The third-order valence-corrected chi connectivity index (χ3v) is 5.51. The molecule has 27 heavy (non-hydrogen) atoms. The molecule has 1 aromatic heterocycles. The number of hydrogen-bond acceptors (Lipinski definition) is 3. The van der Waals surface area contributed by atoms with Gasteiger partial charge in [0.2, 0.25) is 5.91 Å². The number of anilines is 1. The zero-order chi connectivity index (χ0) is 19.0. The predicted molar refractivity (Wildman–Crippen MR) is 109 cm³/mol. The van der Waals surface area contributed by atoms with Crippen molar-refractivity contribution in [3.8, 4) is 5.75 Å². The fourth-order valence-electron chi connectivity index (χ4n) is 4.11. The summed E-state index contributed by atoms with van der Waals surface area (Å²) >= 11 is 0. The van der Waals surface area contributed by atoms with E-state index in [-0.39, 0.29) is 5.91 Å². The zero-order valence-electron chi connectivity index (χ0n) is 16.1. The van der Waals surface area contributed by atoms with Crippen molar-refractivity contribution in [2.45, 2.75) is 33.1 Å². The van der Waals surface area contributed by atoms with Crippen LogP contribution >= 0.6 is 0 Å². The van der Waals surface area contributed by atoms with Gasteiger partial charge >= 0.3 is 0 Å². The van der Waals surface area contributed by atoms with Crippen LogP contribution in [0.5, 0.6) is 5.75 Å². The minimum Gasteiger partial charge on any atom is -0.495 e. The summed E-state index contributed by atoms with van der Waals surface area (Å²) in [5.41, 5.74) is 6.19. The maximum Gasteiger partial charge on any atom is 0.231 e. The standard InChI is InChI=1S/C23H24N2O2/c1-15-18-10-4-5-11-20(18)24-16(2)19(15)14-22(26)25-13-7-9-17-8-6-12-21(27-3)23(17)25/h4-6,8,10-12H,7,9,13-14H2,1-3H3. The number of aromatic nitrogens is 1. The molecule has 0 saturated heterocycles. The van der Waals surface area contributed by atoms with Crippen LogP contribution in [0, 0.1) is 13.8 Å². The lowest BCUT2D eigenvalue weighted by atomic mass is 9.97. The Hall–Kier alpha value is -2.88. The lowest BCUT2D eigenvalue weighted by Crippen LogP contribution is -2.37. The van der Waals surface area contributed by atoms with Crippen LogP contribution in [-0.4, -0.2) is 24.5 Å². The third-order valence-electron chi connectivity index (χ3n) is 5.51. The average Bonchev–Trinajstić information content (AvgIpc) is 2.70. The number of pyridine rings is 1. The number of ether oxygens (including phenoxy) is 1. The molecule has 4 rings (SSSR count). The van der Waals surface area contributed by atoms with Crippen LogP contribution < -0.4 is 9.64 Å². The van der Waals surface area contributed by atoms with Gasteiger partial charge in [0.1, 0.15) is 5.75 Å². The number of benzene rings is 2. The molecule has 0 atom stereocenters. The Morgan fingerprint density at radius 2 is 1.96 bits per heavy atom. The molecule has 2 aromatic carbocycles. The molecule has 1 aliphatic rings. The van der Waals surface area contributed by atoms with Crippen molar-refractivity contribution in [2.24, 2.45) is 0 Å². The molecule has 0 saturated carbocycles. The Bertz CT molecular complexity index is 1010. The highest BCUT2D eigenvalue weighted by molar-refractivity contribution is 5.98. The zero-order valence-corrected chi connectivity index (χ0v) is 16.1. The van der Waals surface area contributed by atoms with E-state index in [9.17, 15) is 4.79 Å². The fraction of sp³-hybridized carbons (Fsp3) is 0.304. The summed E-state index contributed by atoms with van der Waals surface area (Å²) in [5, 5.41) is 1.11. The van der Waals surface area contributed by atoms with Crippen molar-refractivity contribution in [1.82, 2.24) is 4.98 Å². The summed E-state index contributed by atoms with van der Waals surface area (Å²) in [5.74, 6) is 0.870. The van der Waals surface area contributed by atoms with Gasteiger partial charge in [-0.25, -0.2) is 0 Å². The Labute approximate surface area is 159 Å². The summed E-state index contributed by atoms with van der Waals surface area (Å²) < 4.78 is 5.54. The van der Waals surface area contributed by atoms with E-state index in [0.29, 0.717) is 6.42 Å². The van der Waals surface area contributed by atoms with Crippen LogP contribution in [0.4, 0.5) is 5.69 Å². The van der Waals surface area contributed by atoms with Gasteiger partial charge in [0.05, 0.1) is 24.7 Å². The number of fused-ring (bicyclic) bond motifs is 2. The first-order valence-electron chi connectivity index (χ1n) is 9.41. The second-order valence-electron chi connectivity index (χ2n) is 7.11. The number of amides is 1. The van der Waals surface area contributed by atoms with Gasteiger partial charge in [-0.15, -0.1) is 0 Å². The molecule has 4 nitrogen and oxygen atoms in total. The van der Waals surface area contributed by atoms with Crippen LogP contribution in [0.1, 0.15) is 28.8 Å². The van der Waals surface area contributed by atoms with E-state index in [1.807, 2.05) is 42.2 Å². The predicted octanol–water partition coefficient (Wildman–Crippen LogP) is 4.38. The third kappa shape index (κ3) is 3.05. The quantitative estimate of drug-likeness (QED) is 0.696. The van der Waals surface area contributed by atoms with E-state index in [1.54, 1.807) is 7.11 Å². The van der Waals surface area contributed by atoms with Crippen LogP contribution in [0.3, 0.4) is 0 Å². The fourth-order valence-corrected chi connectivity index (χ4v) is 4.11. The molecule has 1 amide bonds. The summed E-state index contributed by atoms with van der Waals surface area (Å²) in [7, 11) is 1.66. The molecule has 1 aliphatic heterocycles. The van der Waals surface area contributed by atoms with E-state index < -0.39 is 0 Å². The molecular weight excluding hydrogens is 336 g/mol. The van der Waals surface area contributed by atoms with Gasteiger partial charge in [0.25, 0.3) is 0 Å².